The summed E-state index contributed by atoms with van der Waals surface area (Å²) in [6.07, 6.45) is 2.63. The molecule has 3 aromatic rings. The topological polar surface area (TPSA) is 70.1 Å². The minimum absolute atomic E-state index is 0.0429. The summed E-state index contributed by atoms with van der Waals surface area (Å²) in [5, 5.41) is 2.60. The minimum Gasteiger partial charge on any atom is -0.492 e. The number of aromatic nitrogens is 2. The van der Waals surface area contributed by atoms with Crippen molar-refractivity contribution in [3.63, 3.8) is 0 Å². The lowest BCUT2D eigenvalue weighted by atomic mass is 9.93. The van der Waals surface area contributed by atoms with Crippen molar-refractivity contribution in [1.29, 1.82) is 0 Å². The van der Waals surface area contributed by atoms with Gasteiger partial charge in [0.25, 0.3) is 5.56 Å². The van der Waals surface area contributed by atoms with Crippen molar-refractivity contribution in [1.82, 2.24) is 9.55 Å². The molecule has 2 aromatic heterocycles. The van der Waals surface area contributed by atoms with Crippen LogP contribution < -0.4 is 16.0 Å². The number of hydrogen-bond acceptors (Lipinski definition) is 4. The van der Waals surface area contributed by atoms with E-state index in [0.717, 1.165) is 34.2 Å². The molecule has 0 bridgehead atoms. The van der Waals surface area contributed by atoms with Crippen molar-refractivity contribution >= 4 is 21.7 Å². The predicted molar refractivity (Wildman–Crippen MR) is 107 cm³/mol. The first-order chi connectivity index (χ1) is 12.2. The van der Waals surface area contributed by atoms with Crippen molar-refractivity contribution in [2.45, 2.75) is 39.7 Å². The third-order valence-electron chi connectivity index (χ3n) is 4.72. The highest BCUT2D eigenvalue weighted by Crippen LogP contribution is 2.27. The zero-order chi connectivity index (χ0) is 19.1. The van der Waals surface area contributed by atoms with Crippen molar-refractivity contribution in [2.75, 3.05) is 6.61 Å². The smallest absolute Gasteiger partial charge is 0.260 e. The van der Waals surface area contributed by atoms with Crippen LogP contribution in [0, 0.1) is 12.8 Å². The number of nitrogens with two attached hydrogens (primary N) is 1. The quantitative estimate of drug-likeness (QED) is 0.712. The van der Waals surface area contributed by atoms with Gasteiger partial charge in [-0.25, -0.2) is 0 Å². The maximum Gasteiger partial charge on any atom is 0.260 e. The first-order valence-electron chi connectivity index (χ1n) is 8.99. The van der Waals surface area contributed by atoms with Crippen LogP contribution in [0.3, 0.4) is 0 Å². The standard InChI is InChI=1S/C21H27N3O2/c1-13(2)11-21(4,22)12-26-15-6-7-16-17-8-9-23-14(3)19(17)20(25)24(5)18(16)10-15/h6-10,13H,11-12,22H2,1-5H3/t21-/m0/s1. The molecule has 26 heavy (non-hydrogen) atoms. The molecule has 1 atom stereocenters. The molecule has 3 rings (SSSR count). The second-order valence-electron chi connectivity index (χ2n) is 7.90. The van der Waals surface area contributed by atoms with Gasteiger partial charge in [0.15, 0.2) is 0 Å². The molecule has 2 N–H and O–H groups in total. The van der Waals surface area contributed by atoms with E-state index in [1.807, 2.05) is 38.1 Å². The average molecular weight is 353 g/mol. The molecule has 138 valence electrons. The van der Waals surface area contributed by atoms with Crippen LogP contribution >= 0.6 is 0 Å². The van der Waals surface area contributed by atoms with Crippen molar-refractivity contribution in [3.05, 3.63) is 46.5 Å². The highest BCUT2D eigenvalue weighted by Gasteiger charge is 2.21. The molecule has 0 aliphatic heterocycles. The molecule has 5 heteroatoms. The van der Waals surface area contributed by atoms with Crippen LogP contribution in [0.4, 0.5) is 0 Å². The second-order valence-corrected chi connectivity index (χ2v) is 7.90. The molecule has 0 spiro atoms. The molecular formula is C21H27N3O2. The van der Waals surface area contributed by atoms with Gasteiger partial charge in [-0.3, -0.25) is 9.78 Å². The maximum absolute atomic E-state index is 12.8. The van der Waals surface area contributed by atoms with Crippen molar-refractivity contribution in [2.24, 2.45) is 18.7 Å². The molecule has 5 nitrogen and oxygen atoms in total. The van der Waals surface area contributed by atoms with Crippen molar-refractivity contribution in [3.8, 4) is 5.75 Å². The Morgan fingerprint density at radius 2 is 2.00 bits per heavy atom. The monoisotopic (exact) mass is 353 g/mol. The number of pyridine rings is 2. The lowest BCUT2D eigenvalue weighted by Crippen LogP contribution is -2.43. The van der Waals surface area contributed by atoms with E-state index in [1.54, 1.807) is 17.8 Å². The first-order valence-corrected chi connectivity index (χ1v) is 8.99. The van der Waals surface area contributed by atoms with Gasteiger partial charge in [0.05, 0.1) is 16.6 Å². The highest BCUT2D eigenvalue weighted by molar-refractivity contribution is 6.06. The molecule has 0 fully saturated rings. The van der Waals surface area contributed by atoms with Crippen LogP contribution in [0.2, 0.25) is 0 Å². The van der Waals surface area contributed by atoms with Crippen LogP contribution in [-0.2, 0) is 7.05 Å². The second kappa shape index (κ2) is 6.72. The number of benzene rings is 1. The fourth-order valence-electron chi connectivity index (χ4n) is 3.68. The summed E-state index contributed by atoms with van der Waals surface area (Å²) < 4.78 is 7.62. The third-order valence-corrected chi connectivity index (χ3v) is 4.72. The Kier molecular flexibility index (Phi) is 4.76. The van der Waals surface area contributed by atoms with E-state index in [9.17, 15) is 4.79 Å². The van der Waals surface area contributed by atoms with Gasteiger partial charge in [0.1, 0.15) is 12.4 Å². The van der Waals surface area contributed by atoms with Crippen LogP contribution in [0.15, 0.2) is 35.3 Å². The molecular weight excluding hydrogens is 326 g/mol. The number of ether oxygens (including phenoxy) is 1. The predicted octanol–water partition coefficient (Wildman–Crippen LogP) is 3.54. The lowest BCUT2D eigenvalue weighted by molar-refractivity contribution is 0.207. The summed E-state index contributed by atoms with van der Waals surface area (Å²) >= 11 is 0. The zero-order valence-electron chi connectivity index (χ0n) is 16.2. The number of nitrogens with zero attached hydrogens (tertiary/aromatic N) is 2. The fourth-order valence-corrected chi connectivity index (χ4v) is 3.68. The number of rotatable bonds is 5. The highest BCUT2D eigenvalue weighted by atomic mass is 16.5. The van der Waals surface area contributed by atoms with E-state index >= 15 is 0 Å². The summed E-state index contributed by atoms with van der Waals surface area (Å²) in [4.78, 5) is 17.0. The molecule has 0 amide bonds. The van der Waals surface area contributed by atoms with Crippen molar-refractivity contribution < 1.29 is 4.74 Å². The Morgan fingerprint density at radius 3 is 2.69 bits per heavy atom. The van der Waals surface area contributed by atoms with E-state index in [2.05, 4.69) is 18.8 Å². The van der Waals surface area contributed by atoms with E-state index in [0.29, 0.717) is 17.9 Å². The van der Waals surface area contributed by atoms with E-state index in [-0.39, 0.29) is 11.1 Å². The van der Waals surface area contributed by atoms with Crippen LogP contribution in [-0.4, -0.2) is 21.7 Å². The number of aryl methyl sites for hydroxylation is 2. The zero-order valence-corrected chi connectivity index (χ0v) is 16.2. The number of hydrogen-bond donors (Lipinski definition) is 1. The molecule has 2 heterocycles. The molecule has 0 unspecified atom stereocenters. The fraction of sp³-hybridized carbons (Fsp3) is 0.429. The molecule has 0 saturated heterocycles. The van der Waals surface area contributed by atoms with Crippen LogP contribution in [0.25, 0.3) is 21.7 Å². The largest absolute Gasteiger partial charge is 0.492 e. The maximum atomic E-state index is 12.8. The SMILES string of the molecule is Cc1nccc2c1c(=O)n(C)c1cc(OC[C@@](C)(N)CC(C)C)ccc21. The Balaban J connectivity index is 2.03. The summed E-state index contributed by atoms with van der Waals surface area (Å²) in [6.45, 7) is 8.61. The van der Waals surface area contributed by atoms with Gasteiger partial charge in [-0.05, 0) is 49.8 Å². The molecule has 0 aliphatic rings. The Hall–Kier alpha value is -2.40. The van der Waals surface area contributed by atoms with Gasteiger partial charge in [-0.1, -0.05) is 13.8 Å². The summed E-state index contributed by atoms with van der Waals surface area (Å²) in [5.74, 6) is 1.23. The minimum atomic E-state index is -0.388. The van der Waals surface area contributed by atoms with Crippen LogP contribution in [0.5, 0.6) is 5.75 Å². The lowest BCUT2D eigenvalue weighted by Gasteiger charge is -2.26. The van der Waals surface area contributed by atoms with E-state index in [4.69, 9.17) is 10.5 Å². The van der Waals surface area contributed by atoms with Gasteiger partial charge < -0.3 is 15.0 Å². The molecule has 1 aromatic carbocycles. The van der Waals surface area contributed by atoms with Gasteiger partial charge in [-0.15, -0.1) is 0 Å². The van der Waals surface area contributed by atoms with Gasteiger partial charge in [0.2, 0.25) is 0 Å². The molecule has 0 saturated carbocycles. The Bertz CT molecular complexity index is 1020. The summed E-state index contributed by atoms with van der Waals surface area (Å²) in [7, 11) is 1.78. The van der Waals surface area contributed by atoms with E-state index < -0.39 is 0 Å². The molecule has 0 aliphatic carbocycles. The Morgan fingerprint density at radius 1 is 1.27 bits per heavy atom. The van der Waals surface area contributed by atoms with Gasteiger partial charge in [-0.2, -0.15) is 0 Å². The van der Waals surface area contributed by atoms with Gasteiger partial charge >= 0.3 is 0 Å². The average Bonchev–Trinajstić information content (AvgIpc) is 2.56. The third kappa shape index (κ3) is 3.44. The summed E-state index contributed by atoms with van der Waals surface area (Å²) in [5.41, 5.74) is 7.49. The van der Waals surface area contributed by atoms with E-state index in [1.165, 1.54) is 0 Å². The first kappa shape index (κ1) is 18.4. The molecule has 0 radical (unpaired) electrons. The summed E-state index contributed by atoms with van der Waals surface area (Å²) in [6, 6.07) is 7.75. The van der Waals surface area contributed by atoms with Crippen LogP contribution in [0.1, 0.15) is 32.9 Å². The number of fused-ring (bicyclic) bond motifs is 3. The van der Waals surface area contributed by atoms with Gasteiger partial charge in [0, 0.05) is 30.2 Å². The Labute approximate surface area is 153 Å². The normalized spacial score (nSPS) is 14.1.